The molecule has 0 saturated heterocycles. The van der Waals surface area contributed by atoms with Crippen LogP contribution in [0.3, 0.4) is 0 Å². The fourth-order valence-electron chi connectivity index (χ4n) is 1.91. The molecular formula is C11H8ClNO4S. The molecule has 5 nitrogen and oxygen atoms in total. The summed E-state index contributed by atoms with van der Waals surface area (Å²) < 4.78 is 32.9. The van der Waals surface area contributed by atoms with E-state index in [0.717, 1.165) is 5.56 Å². The number of benzene rings is 1. The molecule has 0 amide bonds. The lowest BCUT2D eigenvalue weighted by Crippen LogP contribution is -2.07. The second-order valence-electron chi connectivity index (χ2n) is 3.90. The summed E-state index contributed by atoms with van der Waals surface area (Å²) in [6, 6.07) is 7.35. The zero-order chi connectivity index (χ0) is 12.8. The van der Waals surface area contributed by atoms with E-state index in [1.807, 2.05) is 24.3 Å². The van der Waals surface area contributed by atoms with Crippen molar-refractivity contribution in [3.63, 3.8) is 0 Å². The SMILES string of the molecule is O=S(=O)(Cl)Cc1noc2c1COc1ccccc1-2. The average molecular weight is 286 g/mol. The number of aromatic nitrogens is 1. The molecule has 94 valence electrons. The van der Waals surface area contributed by atoms with Gasteiger partial charge in [0.25, 0.3) is 0 Å². The largest absolute Gasteiger partial charge is 0.488 e. The van der Waals surface area contributed by atoms with E-state index < -0.39 is 9.05 Å². The Morgan fingerprint density at radius 2 is 2.11 bits per heavy atom. The molecule has 1 aliphatic heterocycles. The van der Waals surface area contributed by atoms with Crippen LogP contribution in [0.4, 0.5) is 0 Å². The number of nitrogens with zero attached hydrogens (tertiary/aromatic N) is 1. The van der Waals surface area contributed by atoms with Crippen molar-refractivity contribution in [2.45, 2.75) is 12.4 Å². The van der Waals surface area contributed by atoms with Gasteiger partial charge in [-0.3, -0.25) is 0 Å². The van der Waals surface area contributed by atoms with Gasteiger partial charge in [0.2, 0.25) is 9.05 Å². The molecule has 1 aromatic heterocycles. The average Bonchev–Trinajstić information content (AvgIpc) is 2.71. The van der Waals surface area contributed by atoms with E-state index in [4.69, 9.17) is 19.9 Å². The Bertz CT molecular complexity index is 708. The fraction of sp³-hybridized carbons (Fsp3) is 0.182. The molecule has 0 saturated carbocycles. The van der Waals surface area contributed by atoms with Crippen LogP contribution in [-0.4, -0.2) is 13.6 Å². The maximum absolute atomic E-state index is 11.1. The minimum Gasteiger partial charge on any atom is -0.488 e. The van der Waals surface area contributed by atoms with Gasteiger partial charge in [0.15, 0.2) is 5.76 Å². The zero-order valence-corrected chi connectivity index (χ0v) is 10.7. The number of para-hydroxylation sites is 1. The van der Waals surface area contributed by atoms with E-state index in [9.17, 15) is 8.42 Å². The summed E-state index contributed by atoms with van der Waals surface area (Å²) in [5.41, 5.74) is 1.71. The monoisotopic (exact) mass is 285 g/mol. The summed E-state index contributed by atoms with van der Waals surface area (Å²) in [6.07, 6.45) is 0. The Morgan fingerprint density at radius 1 is 1.33 bits per heavy atom. The number of hydrogen-bond acceptors (Lipinski definition) is 5. The molecule has 1 aliphatic rings. The van der Waals surface area contributed by atoms with E-state index in [0.29, 0.717) is 22.8 Å². The van der Waals surface area contributed by atoms with Crippen LogP contribution < -0.4 is 4.74 Å². The van der Waals surface area contributed by atoms with E-state index in [1.54, 1.807) is 0 Å². The van der Waals surface area contributed by atoms with Gasteiger partial charge >= 0.3 is 0 Å². The van der Waals surface area contributed by atoms with Crippen LogP contribution in [0.25, 0.3) is 11.3 Å². The lowest BCUT2D eigenvalue weighted by Gasteiger charge is -2.15. The maximum atomic E-state index is 11.1. The van der Waals surface area contributed by atoms with Crippen molar-refractivity contribution in [1.29, 1.82) is 0 Å². The minimum atomic E-state index is -3.66. The normalized spacial score (nSPS) is 13.6. The number of fused-ring (bicyclic) bond motifs is 3. The standard InChI is InChI=1S/C11H8ClNO4S/c12-18(14,15)6-9-8-5-16-10-4-2-1-3-7(10)11(8)17-13-9/h1-4H,5-6H2. The third kappa shape index (κ3) is 1.97. The summed E-state index contributed by atoms with van der Waals surface area (Å²) >= 11 is 0. The van der Waals surface area contributed by atoms with Gasteiger partial charge in [-0.25, -0.2) is 8.42 Å². The number of rotatable bonds is 2. The third-order valence-electron chi connectivity index (χ3n) is 2.68. The van der Waals surface area contributed by atoms with Crippen LogP contribution in [0, 0.1) is 0 Å². The van der Waals surface area contributed by atoms with E-state index >= 15 is 0 Å². The van der Waals surface area contributed by atoms with Gasteiger partial charge in [-0.15, -0.1) is 0 Å². The highest BCUT2D eigenvalue weighted by Gasteiger charge is 2.27. The molecule has 18 heavy (non-hydrogen) atoms. The highest BCUT2D eigenvalue weighted by molar-refractivity contribution is 8.13. The summed E-state index contributed by atoms with van der Waals surface area (Å²) in [7, 11) is 1.55. The molecule has 0 unspecified atom stereocenters. The first-order chi connectivity index (χ1) is 8.54. The van der Waals surface area contributed by atoms with Gasteiger partial charge in [-0.2, -0.15) is 0 Å². The van der Waals surface area contributed by atoms with Gasteiger partial charge in [0.1, 0.15) is 23.8 Å². The Kier molecular flexibility index (Phi) is 2.57. The Balaban J connectivity index is 2.10. The lowest BCUT2D eigenvalue weighted by atomic mass is 10.0. The molecule has 2 heterocycles. The van der Waals surface area contributed by atoms with Crippen LogP contribution in [0.2, 0.25) is 0 Å². The van der Waals surface area contributed by atoms with Gasteiger partial charge in [-0.1, -0.05) is 17.3 Å². The van der Waals surface area contributed by atoms with Crippen LogP contribution in [0.15, 0.2) is 28.8 Å². The topological polar surface area (TPSA) is 69.4 Å². The van der Waals surface area contributed by atoms with Crippen LogP contribution in [0.5, 0.6) is 5.75 Å². The van der Waals surface area contributed by atoms with Crippen molar-refractivity contribution < 1.29 is 17.7 Å². The molecule has 0 bridgehead atoms. The minimum absolute atomic E-state index is 0.234. The number of halogens is 1. The first kappa shape index (κ1) is 11.6. The van der Waals surface area contributed by atoms with Crippen molar-refractivity contribution in [2.75, 3.05) is 0 Å². The van der Waals surface area contributed by atoms with Gasteiger partial charge in [0, 0.05) is 10.7 Å². The molecule has 3 rings (SSSR count). The van der Waals surface area contributed by atoms with Crippen molar-refractivity contribution in [3.8, 4) is 17.1 Å². The summed E-state index contributed by atoms with van der Waals surface area (Å²) in [4.78, 5) is 0. The van der Waals surface area contributed by atoms with Gasteiger partial charge in [0.05, 0.1) is 11.1 Å². The molecule has 0 atom stereocenters. The zero-order valence-electron chi connectivity index (χ0n) is 9.09. The molecule has 0 N–H and O–H groups in total. The second kappa shape index (κ2) is 4.00. The smallest absolute Gasteiger partial charge is 0.238 e. The highest BCUT2D eigenvalue weighted by atomic mass is 35.7. The van der Waals surface area contributed by atoms with Crippen LogP contribution in [0.1, 0.15) is 11.3 Å². The summed E-state index contributed by atoms with van der Waals surface area (Å²) in [5, 5.41) is 3.76. The predicted molar refractivity (Wildman–Crippen MR) is 64.7 cm³/mol. The Hall–Kier alpha value is -1.53. The molecule has 1 aromatic carbocycles. The van der Waals surface area contributed by atoms with Crippen LogP contribution in [-0.2, 0) is 21.4 Å². The quantitative estimate of drug-likeness (QED) is 0.792. The molecule has 2 aromatic rings. The van der Waals surface area contributed by atoms with Crippen LogP contribution >= 0.6 is 10.7 Å². The van der Waals surface area contributed by atoms with E-state index in [2.05, 4.69) is 5.16 Å². The molecule has 0 fully saturated rings. The molecule has 7 heteroatoms. The van der Waals surface area contributed by atoms with Crippen molar-refractivity contribution >= 4 is 19.7 Å². The predicted octanol–water partition coefficient (Wildman–Crippen LogP) is 2.30. The molecule has 0 aliphatic carbocycles. The van der Waals surface area contributed by atoms with Gasteiger partial charge in [-0.05, 0) is 12.1 Å². The van der Waals surface area contributed by atoms with E-state index in [-0.39, 0.29) is 12.4 Å². The molecule has 0 radical (unpaired) electrons. The first-order valence-corrected chi connectivity index (χ1v) is 7.64. The maximum Gasteiger partial charge on any atom is 0.238 e. The number of ether oxygens (including phenoxy) is 1. The van der Waals surface area contributed by atoms with Gasteiger partial charge < -0.3 is 9.26 Å². The number of hydrogen-bond donors (Lipinski definition) is 0. The highest BCUT2D eigenvalue weighted by Crippen LogP contribution is 2.38. The lowest BCUT2D eigenvalue weighted by molar-refractivity contribution is 0.297. The molecular weight excluding hydrogens is 278 g/mol. The first-order valence-electron chi connectivity index (χ1n) is 5.16. The van der Waals surface area contributed by atoms with Crippen molar-refractivity contribution in [1.82, 2.24) is 5.16 Å². The van der Waals surface area contributed by atoms with E-state index in [1.165, 1.54) is 0 Å². The van der Waals surface area contributed by atoms with Crippen molar-refractivity contribution in [2.24, 2.45) is 0 Å². The van der Waals surface area contributed by atoms with Crippen molar-refractivity contribution in [3.05, 3.63) is 35.5 Å². The summed E-state index contributed by atoms with van der Waals surface area (Å²) in [5.74, 6) is 0.882. The third-order valence-corrected chi connectivity index (χ3v) is 3.63. The second-order valence-corrected chi connectivity index (χ2v) is 6.68. The molecule has 0 spiro atoms. The Morgan fingerprint density at radius 3 is 2.89 bits per heavy atom. The summed E-state index contributed by atoms with van der Waals surface area (Å²) in [6.45, 7) is 0.234. The Labute approximate surface area is 108 Å². The fourth-order valence-corrected chi connectivity index (χ4v) is 2.77.